The predicted molar refractivity (Wildman–Crippen MR) is 55.0 cm³/mol. The van der Waals surface area contributed by atoms with E-state index in [0.717, 1.165) is 17.5 Å². The van der Waals surface area contributed by atoms with Gasteiger partial charge in [0.1, 0.15) is 0 Å². The van der Waals surface area contributed by atoms with Gasteiger partial charge in [0.05, 0.1) is 5.56 Å². The van der Waals surface area contributed by atoms with Crippen molar-refractivity contribution in [2.75, 3.05) is 0 Å². The first-order chi connectivity index (χ1) is 6.72. The smallest absolute Gasteiger partial charge is 0.249 e. The van der Waals surface area contributed by atoms with Gasteiger partial charge in [-0.05, 0) is 29.7 Å². The minimum Gasteiger partial charge on any atom is -0.249 e. The fourth-order valence-electron chi connectivity index (χ4n) is 1.27. The van der Waals surface area contributed by atoms with E-state index in [9.17, 15) is 9.32 Å². The van der Waals surface area contributed by atoms with Crippen LogP contribution in [0.15, 0.2) is 18.2 Å². The molecule has 0 fully saturated rings. The van der Waals surface area contributed by atoms with Crippen molar-refractivity contribution in [3.63, 3.8) is 0 Å². The van der Waals surface area contributed by atoms with Crippen LogP contribution < -0.4 is 0 Å². The molecular formula is C10H10BrFO2. The van der Waals surface area contributed by atoms with Crippen LogP contribution in [0.2, 0.25) is 0 Å². The van der Waals surface area contributed by atoms with Gasteiger partial charge in [0.15, 0.2) is 0 Å². The number of benzene rings is 1. The summed E-state index contributed by atoms with van der Waals surface area (Å²) in [5.41, 5.74) is 2.35. The number of halogens is 2. The summed E-state index contributed by atoms with van der Waals surface area (Å²) in [6.07, 6.45) is 0.881. The van der Waals surface area contributed by atoms with Crippen molar-refractivity contribution < 1.29 is 14.3 Å². The van der Waals surface area contributed by atoms with Gasteiger partial charge in [-0.2, -0.15) is 0 Å². The van der Waals surface area contributed by atoms with Gasteiger partial charge in [0.25, 0.3) is 0 Å². The lowest BCUT2D eigenvalue weighted by atomic mass is 10.0. The van der Waals surface area contributed by atoms with Gasteiger partial charge in [0.2, 0.25) is 0 Å². The Hall–Kier alpha value is -0.900. The van der Waals surface area contributed by atoms with E-state index in [2.05, 4.69) is 20.9 Å². The number of carbonyl (C=O) groups excluding carboxylic acids is 1. The van der Waals surface area contributed by atoms with Gasteiger partial charge in [-0.3, -0.25) is 0 Å². The highest BCUT2D eigenvalue weighted by atomic mass is 79.9. The number of rotatable bonds is 3. The number of aryl methyl sites for hydroxylation is 1. The second-order valence-corrected chi connectivity index (χ2v) is 3.40. The van der Waals surface area contributed by atoms with Crippen molar-refractivity contribution >= 4 is 21.9 Å². The summed E-state index contributed by atoms with van der Waals surface area (Å²) in [5.74, 6) is -0.949. The lowest BCUT2D eigenvalue weighted by Crippen LogP contribution is -2.01. The second kappa shape index (κ2) is 5.10. The van der Waals surface area contributed by atoms with Crippen molar-refractivity contribution in [3.05, 3.63) is 34.9 Å². The average molecular weight is 261 g/mol. The standard InChI is InChI=1S/C10H10BrFO2/c1-2-7-3-4-8(10(13)14-12)5-9(7)6-11/h3-5H,2,6H2,1H3. The van der Waals surface area contributed by atoms with Gasteiger partial charge in [-0.25, -0.2) is 9.74 Å². The van der Waals surface area contributed by atoms with Gasteiger partial charge in [-0.1, -0.05) is 28.9 Å². The molecule has 0 bridgehead atoms. The van der Waals surface area contributed by atoms with Crippen LogP contribution in [0, 0.1) is 0 Å². The van der Waals surface area contributed by atoms with Crippen molar-refractivity contribution in [1.29, 1.82) is 0 Å². The summed E-state index contributed by atoms with van der Waals surface area (Å²) in [5, 5.41) is 0.642. The highest BCUT2D eigenvalue weighted by Gasteiger charge is 2.09. The van der Waals surface area contributed by atoms with Crippen LogP contribution in [0.25, 0.3) is 0 Å². The monoisotopic (exact) mass is 260 g/mol. The molecule has 0 radical (unpaired) electrons. The highest BCUT2D eigenvalue weighted by Crippen LogP contribution is 2.16. The molecule has 0 N–H and O–H groups in total. The van der Waals surface area contributed by atoms with E-state index < -0.39 is 5.97 Å². The maximum atomic E-state index is 11.6. The third-order valence-electron chi connectivity index (χ3n) is 2.04. The molecule has 0 spiro atoms. The Morgan fingerprint density at radius 1 is 1.50 bits per heavy atom. The average Bonchev–Trinajstić information content (AvgIpc) is 2.26. The van der Waals surface area contributed by atoms with Crippen LogP contribution in [-0.4, -0.2) is 5.97 Å². The van der Waals surface area contributed by atoms with Gasteiger partial charge < -0.3 is 0 Å². The molecule has 4 heteroatoms. The number of hydrogen-bond acceptors (Lipinski definition) is 2. The fourth-order valence-corrected chi connectivity index (χ4v) is 1.79. The van der Waals surface area contributed by atoms with E-state index in [1.807, 2.05) is 13.0 Å². The highest BCUT2D eigenvalue weighted by molar-refractivity contribution is 9.08. The molecule has 14 heavy (non-hydrogen) atoms. The summed E-state index contributed by atoms with van der Waals surface area (Å²) in [4.78, 5) is 14.0. The van der Waals surface area contributed by atoms with Crippen LogP contribution in [0.4, 0.5) is 4.53 Å². The van der Waals surface area contributed by atoms with Crippen LogP contribution >= 0.6 is 15.9 Å². The molecule has 0 atom stereocenters. The van der Waals surface area contributed by atoms with Crippen molar-refractivity contribution in [2.45, 2.75) is 18.7 Å². The van der Waals surface area contributed by atoms with E-state index in [4.69, 9.17) is 0 Å². The minimum absolute atomic E-state index is 0.235. The molecule has 1 aromatic carbocycles. The minimum atomic E-state index is -0.949. The Bertz CT molecular complexity index is 339. The maximum absolute atomic E-state index is 11.6. The van der Waals surface area contributed by atoms with E-state index in [1.54, 1.807) is 12.1 Å². The topological polar surface area (TPSA) is 26.3 Å². The first-order valence-corrected chi connectivity index (χ1v) is 5.35. The Morgan fingerprint density at radius 2 is 2.21 bits per heavy atom. The molecule has 2 nitrogen and oxygen atoms in total. The molecule has 0 saturated heterocycles. The molecule has 0 amide bonds. The third kappa shape index (κ3) is 2.32. The quantitative estimate of drug-likeness (QED) is 0.781. The van der Waals surface area contributed by atoms with E-state index in [1.165, 1.54) is 0 Å². The van der Waals surface area contributed by atoms with Crippen molar-refractivity contribution in [2.24, 2.45) is 0 Å². The Kier molecular flexibility index (Phi) is 4.07. The van der Waals surface area contributed by atoms with Gasteiger partial charge in [-0.15, -0.1) is 0 Å². The predicted octanol–water partition coefficient (Wildman–Crippen LogP) is 3.19. The first kappa shape index (κ1) is 11.2. The first-order valence-electron chi connectivity index (χ1n) is 4.23. The van der Waals surface area contributed by atoms with Crippen molar-refractivity contribution in [3.8, 4) is 0 Å². The number of alkyl halides is 1. The molecule has 0 aromatic heterocycles. The summed E-state index contributed by atoms with van der Waals surface area (Å²) >= 11 is 3.31. The molecule has 0 aliphatic carbocycles. The zero-order chi connectivity index (χ0) is 10.6. The zero-order valence-corrected chi connectivity index (χ0v) is 9.30. The summed E-state index contributed by atoms with van der Waals surface area (Å²) < 4.78 is 11.6. The van der Waals surface area contributed by atoms with Crippen LogP contribution in [0.3, 0.4) is 0 Å². The second-order valence-electron chi connectivity index (χ2n) is 2.84. The maximum Gasteiger partial charge on any atom is 0.379 e. The van der Waals surface area contributed by atoms with E-state index in [0.29, 0.717) is 5.33 Å². The Labute approximate surface area is 90.1 Å². The van der Waals surface area contributed by atoms with E-state index >= 15 is 0 Å². The van der Waals surface area contributed by atoms with Crippen LogP contribution in [0.1, 0.15) is 28.4 Å². The lowest BCUT2D eigenvalue weighted by Gasteiger charge is -2.05. The molecule has 0 heterocycles. The summed E-state index contributed by atoms with van der Waals surface area (Å²) in [6, 6.07) is 5.01. The van der Waals surface area contributed by atoms with Crippen LogP contribution in [0.5, 0.6) is 0 Å². The molecular weight excluding hydrogens is 251 g/mol. The molecule has 0 aliphatic rings. The molecule has 0 aliphatic heterocycles. The Morgan fingerprint density at radius 3 is 2.71 bits per heavy atom. The molecule has 1 rings (SSSR count). The molecule has 76 valence electrons. The molecule has 1 aromatic rings. The largest absolute Gasteiger partial charge is 0.379 e. The van der Waals surface area contributed by atoms with E-state index in [-0.39, 0.29) is 5.56 Å². The molecule has 0 unspecified atom stereocenters. The number of carbonyl (C=O) groups is 1. The number of hydrogen-bond donors (Lipinski definition) is 0. The SMILES string of the molecule is CCc1ccc(C(=O)OF)cc1CBr. The lowest BCUT2D eigenvalue weighted by molar-refractivity contribution is -0.0788. The van der Waals surface area contributed by atoms with Gasteiger partial charge >= 0.3 is 5.97 Å². The van der Waals surface area contributed by atoms with Gasteiger partial charge in [0, 0.05) is 9.86 Å². The van der Waals surface area contributed by atoms with Crippen molar-refractivity contribution in [1.82, 2.24) is 0 Å². The third-order valence-corrected chi connectivity index (χ3v) is 2.64. The normalized spacial score (nSPS) is 9.93. The fraction of sp³-hybridized carbons (Fsp3) is 0.300. The Balaban J connectivity index is 3.07. The summed E-state index contributed by atoms with van der Waals surface area (Å²) in [6.45, 7) is 2.02. The summed E-state index contributed by atoms with van der Waals surface area (Å²) in [7, 11) is 0. The zero-order valence-electron chi connectivity index (χ0n) is 7.72. The van der Waals surface area contributed by atoms with Crippen LogP contribution in [-0.2, 0) is 16.7 Å². The molecule has 0 saturated carbocycles.